The van der Waals surface area contributed by atoms with Crippen LogP contribution in [0.2, 0.25) is 0 Å². The third kappa shape index (κ3) is 2.52. The topological polar surface area (TPSA) is 73.3 Å². The lowest BCUT2D eigenvalue weighted by atomic mass is 9.86. The zero-order chi connectivity index (χ0) is 11.3. The van der Waals surface area contributed by atoms with E-state index in [0.29, 0.717) is 12.3 Å². The summed E-state index contributed by atoms with van der Waals surface area (Å²) in [5.74, 6) is 0.189. The number of dihydropyridines is 1. The van der Waals surface area contributed by atoms with Gasteiger partial charge in [-0.15, -0.1) is 0 Å². The van der Waals surface area contributed by atoms with Crippen LogP contribution < -0.4 is 16.8 Å². The molecule has 1 rings (SSSR count). The molecular weight excluding hydrogens is 190 g/mol. The van der Waals surface area contributed by atoms with Crippen molar-refractivity contribution in [1.82, 2.24) is 5.32 Å². The van der Waals surface area contributed by atoms with Crippen LogP contribution in [0.15, 0.2) is 24.0 Å². The third-order valence-electron chi connectivity index (χ3n) is 2.82. The Bertz CT molecular complexity index is 257. The molecule has 4 heteroatoms. The average Bonchev–Trinajstić information content (AvgIpc) is 2.22. The van der Waals surface area contributed by atoms with Gasteiger partial charge in [0.05, 0.1) is 6.61 Å². The predicted molar refractivity (Wildman–Crippen MR) is 61.7 cm³/mol. The van der Waals surface area contributed by atoms with E-state index in [1.165, 1.54) is 0 Å². The SMILES string of the molecule is CCC[C@@H](COC)C1(N)NC=CC=C1N. The lowest BCUT2D eigenvalue weighted by Gasteiger charge is -2.39. The smallest absolute Gasteiger partial charge is 0.131 e. The fraction of sp³-hybridized carbons (Fsp3) is 0.636. The van der Waals surface area contributed by atoms with Crippen molar-refractivity contribution in [3.63, 3.8) is 0 Å². The minimum Gasteiger partial charge on any atom is -0.399 e. The van der Waals surface area contributed by atoms with Crippen molar-refractivity contribution in [1.29, 1.82) is 0 Å². The maximum atomic E-state index is 6.28. The molecule has 0 bridgehead atoms. The minimum absolute atomic E-state index is 0.189. The zero-order valence-electron chi connectivity index (χ0n) is 9.49. The van der Waals surface area contributed by atoms with Gasteiger partial charge >= 0.3 is 0 Å². The molecule has 5 N–H and O–H groups in total. The molecule has 1 aliphatic rings. The van der Waals surface area contributed by atoms with Gasteiger partial charge in [-0.1, -0.05) is 13.3 Å². The number of hydrogen-bond donors (Lipinski definition) is 3. The summed E-state index contributed by atoms with van der Waals surface area (Å²) in [7, 11) is 1.69. The molecule has 4 nitrogen and oxygen atoms in total. The summed E-state index contributed by atoms with van der Waals surface area (Å²) >= 11 is 0. The van der Waals surface area contributed by atoms with Gasteiger partial charge in [0.15, 0.2) is 0 Å². The van der Waals surface area contributed by atoms with E-state index in [0.717, 1.165) is 12.8 Å². The van der Waals surface area contributed by atoms with Gasteiger partial charge in [0.25, 0.3) is 0 Å². The zero-order valence-corrected chi connectivity index (χ0v) is 9.49. The summed E-state index contributed by atoms with van der Waals surface area (Å²) < 4.78 is 5.20. The van der Waals surface area contributed by atoms with Crippen LogP contribution in [0.3, 0.4) is 0 Å². The van der Waals surface area contributed by atoms with Crippen LogP contribution in [0.25, 0.3) is 0 Å². The molecule has 0 fully saturated rings. The molecule has 86 valence electrons. The van der Waals surface area contributed by atoms with E-state index in [1.807, 2.05) is 18.4 Å². The maximum Gasteiger partial charge on any atom is 0.131 e. The normalized spacial score (nSPS) is 27.0. The van der Waals surface area contributed by atoms with Crippen molar-refractivity contribution in [2.75, 3.05) is 13.7 Å². The fourth-order valence-electron chi connectivity index (χ4n) is 1.90. The summed E-state index contributed by atoms with van der Waals surface area (Å²) in [6, 6.07) is 0. The number of hydrogen-bond acceptors (Lipinski definition) is 4. The van der Waals surface area contributed by atoms with E-state index >= 15 is 0 Å². The van der Waals surface area contributed by atoms with Crippen LogP contribution in [0, 0.1) is 5.92 Å². The number of ether oxygens (including phenoxy) is 1. The second-order valence-corrected chi connectivity index (χ2v) is 3.94. The van der Waals surface area contributed by atoms with Crippen LogP contribution in [0.5, 0.6) is 0 Å². The first-order valence-corrected chi connectivity index (χ1v) is 5.33. The van der Waals surface area contributed by atoms with Crippen LogP contribution in [0.1, 0.15) is 19.8 Å². The average molecular weight is 211 g/mol. The molecular formula is C11H21N3O. The van der Waals surface area contributed by atoms with Gasteiger partial charge in [-0.25, -0.2) is 0 Å². The van der Waals surface area contributed by atoms with Crippen molar-refractivity contribution in [3.8, 4) is 0 Å². The lowest BCUT2D eigenvalue weighted by molar-refractivity contribution is 0.102. The Morgan fingerprint density at radius 1 is 1.60 bits per heavy atom. The number of nitrogens with one attached hydrogen (secondary N) is 1. The molecule has 0 spiro atoms. The Labute approximate surface area is 91.3 Å². The van der Waals surface area contributed by atoms with E-state index < -0.39 is 5.66 Å². The van der Waals surface area contributed by atoms with Crippen molar-refractivity contribution in [3.05, 3.63) is 24.0 Å². The molecule has 1 unspecified atom stereocenters. The quantitative estimate of drug-likeness (QED) is 0.624. The van der Waals surface area contributed by atoms with E-state index in [9.17, 15) is 0 Å². The summed E-state index contributed by atoms with van der Waals surface area (Å²) in [6.45, 7) is 2.74. The first-order valence-electron chi connectivity index (χ1n) is 5.33. The Hall–Kier alpha value is -1.00. The van der Waals surface area contributed by atoms with Crippen molar-refractivity contribution >= 4 is 0 Å². The van der Waals surface area contributed by atoms with Gasteiger partial charge in [0.2, 0.25) is 0 Å². The van der Waals surface area contributed by atoms with Crippen molar-refractivity contribution in [2.24, 2.45) is 17.4 Å². The molecule has 0 saturated heterocycles. The highest BCUT2D eigenvalue weighted by Gasteiger charge is 2.36. The predicted octanol–water partition coefficient (Wildman–Crippen LogP) is 0.664. The summed E-state index contributed by atoms with van der Waals surface area (Å²) in [5.41, 5.74) is 12.2. The standard InChI is InChI=1S/C11H21N3O/c1-3-5-9(8-15-2)11(13)10(12)6-4-7-14-11/h4,6-7,9,14H,3,5,8,12-13H2,1-2H3/t9-,11?/m0/s1. The minimum atomic E-state index is -0.666. The molecule has 15 heavy (non-hydrogen) atoms. The summed E-state index contributed by atoms with van der Waals surface area (Å²) in [6.07, 6.45) is 7.57. The number of rotatable bonds is 5. The number of nitrogens with two attached hydrogens (primary N) is 2. The molecule has 0 saturated carbocycles. The number of allylic oxidation sites excluding steroid dienone is 2. The van der Waals surface area contributed by atoms with Crippen LogP contribution in [0.4, 0.5) is 0 Å². The Balaban J connectivity index is 2.80. The highest BCUT2D eigenvalue weighted by Crippen LogP contribution is 2.24. The molecule has 0 aromatic rings. The monoisotopic (exact) mass is 211 g/mol. The molecule has 1 heterocycles. The first kappa shape index (κ1) is 12.1. The van der Waals surface area contributed by atoms with Crippen molar-refractivity contribution < 1.29 is 4.74 Å². The van der Waals surface area contributed by atoms with Crippen LogP contribution >= 0.6 is 0 Å². The van der Waals surface area contributed by atoms with E-state index in [4.69, 9.17) is 16.2 Å². The van der Waals surface area contributed by atoms with Gasteiger partial charge in [-0.05, 0) is 24.8 Å². The molecule has 0 radical (unpaired) electrons. The van der Waals surface area contributed by atoms with Gasteiger partial charge in [0.1, 0.15) is 5.66 Å². The summed E-state index contributed by atoms with van der Waals surface area (Å²) in [4.78, 5) is 0. The molecule has 0 aliphatic carbocycles. The molecule has 0 amide bonds. The van der Waals surface area contributed by atoms with Gasteiger partial charge < -0.3 is 21.5 Å². The lowest BCUT2D eigenvalue weighted by Crippen LogP contribution is -2.62. The van der Waals surface area contributed by atoms with Crippen molar-refractivity contribution in [2.45, 2.75) is 25.4 Å². The summed E-state index contributed by atoms with van der Waals surface area (Å²) in [5, 5.41) is 3.14. The molecule has 0 aromatic heterocycles. The van der Waals surface area contributed by atoms with E-state index in [1.54, 1.807) is 7.11 Å². The van der Waals surface area contributed by atoms with E-state index in [2.05, 4.69) is 12.2 Å². The highest BCUT2D eigenvalue weighted by molar-refractivity contribution is 5.27. The van der Waals surface area contributed by atoms with Gasteiger partial charge in [-0.2, -0.15) is 0 Å². The first-order chi connectivity index (χ1) is 7.15. The maximum absolute atomic E-state index is 6.28. The third-order valence-corrected chi connectivity index (χ3v) is 2.82. The van der Waals surface area contributed by atoms with Gasteiger partial charge in [-0.3, -0.25) is 0 Å². The highest BCUT2D eigenvalue weighted by atomic mass is 16.5. The van der Waals surface area contributed by atoms with Crippen LogP contribution in [-0.4, -0.2) is 19.4 Å². The Morgan fingerprint density at radius 2 is 2.33 bits per heavy atom. The fourth-order valence-corrected chi connectivity index (χ4v) is 1.90. The Kier molecular flexibility index (Phi) is 4.17. The second kappa shape index (κ2) is 5.19. The molecule has 1 aliphatic heterocycles. The van der Waals surface area contributed by atoms with Gasteiger partial charge in [0, 0.05) is 18.7 Å². The largest absolute Gasteiger partial charge is 0.399 e. The second-order valence-electron chi connectivity index (χ2n) is 3.94. The van der Waals surface area contributed by atoms with Crippen LogP contribution in [-0.2, 0) is 4.74 Å². The Morgan fingerprint density at radius 3 is 2.87 bits per heavy atom. The molecule has 2 atom stereocenters. The molecule has 0 aromatic carbocycles. The van der Waals surface area contributed by atoms with E-state index in [-0.39, 0.29) is 5.92 Å². The number of methoxy groups -OCH3 is 1.